The lowest BCUT2D eigenvalue weighted by atomic mass is 10.2. The van der Waals surface area contributed by atoms with E-state index in [1.54, 1.807) is 19.2 Å². The smallest absolute Gasteiger partial charge is 0.240 e. The van der Waals surface area contributed by atoms with Gasteiger partial charge in [-0.15, -0.1) is 30.6 Å². The molecule has 2 rings (SSSR count). The van der Waals surface area contributed by atoms with Gasteiger partial charge in [-0.05, 0) is 49.8 Å². The molecule has 0 heterocycles. The topological polar surface area (TPSA) is 73.8 Å². The SMILES string of the molecule is C=CCCCCCN(C)C(=NC)NCc1ccc(S(=O)(=O)NC2CC2)cc1.I. The van der Waals surface area contributed by atoms with Gasteiger partial charge >= 0.3 is 0 Å². The summed E-state index contributed by atoms with van der Waals surface area (Å²) in [6.07, 6.45) is 8.36. The van der Waals surface area contributed by atoms with E-state index in [0.717, 1.165) is 43.8 Å². The third-order valence-corrected chi connectivity index (χ3v) is 6.09. The Labute approximate surface area is 187 Å². The molecule has 0 aromatic heterocycles. The van der Waals surface area contributed by atoms with Crippen LogP contribution >= 0.6 is 24.0 Å². The van der Waals surface area contributed by atoms with Crippen molar-refractivity contribution in [2.24, 2.45) is 4.99 Å². The van der Waals surface area contributed by atoms with Crippen LogP contribution in [-0.4, -0.2) is 46.0 Å². The van der Waals surface area contributed by atoms with Gasteiger partial charge in [-0.1, -0.05) is 24.6 Å². The van der Waals surface area contributed by atoms with Crippen LogP contribution in [0.3, 0.4) is 0 Å². The van der Waals surface area contributed by atoms with Gasteiger partial charge in [0.05, 0.1) is 4.90 Å². The molecule has 1 aromatic carbocycles. The minimum atomic E-state index is -3.39. The number of allylic oxidation sites excluding steroid dienone is 1. The first-order valence-corrected chi connectivity index (χ1v) is 11.1. The molecule has 6 nitrogen and oxygen atoms in total. The summed E-state index contributed by atoms with van der Waals surface area (Å²) in [5.41, 5.74) is 1.01. The molecule has 0 atom stereocenters. The first-order chi connectivity index (χ1) is 13.0. The summed E-state index contributed by atoms with van der Waals surface area (Å²) in [6.45, 7) is 5.29. The van der Waals surface area contributed by atoms with Crippen molar-refractivity contribution < 1.29 is 8.42 Å². The lowest BCUT2D eigenvalue weighted by Gasteiger charge is -2.22. The summed E-state index contributed by atoms with van der Waals surface area (Å²) in [5.74, 6) is 0.839. The van der Waals surface area contributed by atoms with Gasteiger partial charge in [0.2, 0.25) is 10.0 Å². The first kappa shape index (κ1) is 24.9. The molecule has 0 amide bonds. The van der Waals surface area contributed by atoms with Gasteiger partial charge in [-0.2, -0.15) is 0 Å². The van der Waals surface area contributed by atoms with E-state index in [2.05, 4.69) is 26.5 Å². The van der Waals surface area contributed by atoms with E-state index in [4.69, 9.17) is 0 Å². The average Bonchev–Trinajstić information content (AvgIpc) is 3.45. The van der Waals surface area contributed by atoms with Crippen LogP contribution in [0, 0.1) is 0 Å². The molecule has 0 spiro atoms. The summed E-state index contributed by atoms with van der Waals surface area (Å²) in [7, 11) is 0.415. The van der Waals surface area contributed by atoms with Gasteiger partial charge in [0.25, 0.3) is 0 Å². The number of rotatable bonds is 11. The molecule has 1 aliphatic rings. The maximum atomic E-state index is 12.2. The summed E-state index contributed by atoms with van der Waals surface area (Å²) in [5, 5.41) is 3.33. The largest absolute Gasteiger partial charge is 0.352 e. The lowest BCUT2D eigenvalue weighted by molar-refractivity contribution is 0.455. The van der Waals surface area contributed by atoms with Gasteiger partial charge < -0.3 is 10.2 Å². The molecule has 1 aliphatic carbocycles. The quantitative estimate of drug-likeness (QED) is 0.154. The first-order valence-electron chi connectivity index (χ1n) is 9.60. The van der Waals surface area contributed by atoms with Crippen molar-refractivity contribution >= 4 is 40.0 Å². The van der Waals surface area contributed by atoms with Gasteiger partial charge in [0.1, 0.15) is 0 Å². The maximum Gasteiger partial charge on any atom is 0.240 e. The van der Waals surface area contributed by atoms with Crippen LogP contribution in [-0.2, 0) is 16.6 Å². The maximum absolute atomic E-state index is 12.2. The highest BCUT2D eigenvalue weighted by Gasteiger charge is 2.27. The van der Waals surface area contributed by atoms with E-state index in [9.17, 15) is 8.42 Å². The Hall–Kier alpha value is -1.13. The number of unbranched alkanes of at least 4 members (excludes halogenated alkanes) is 3. The van der Waals surface area contributed by atoms with Crippen LogP contribution in [0.5, 0.6) is 0 Å². The number of halogens is 1. The predicted octanol–water partition coefficient (Wildman–Crippen LogP) is 3.50. The van der Waals surface area contributed by atoms with Crippen LogP contribution in [0.1, 0.15) is 44.1 Å². The molecular weight excluding hydrogens is 487 g/mol. The van der Waals surface area contributed by atoms with Gasteiger partial charge in [0, 0.05) is 33.2 Å². The van der Waals surface area contributed by atoms with Gasteiger partial charge in [-0.25, -0.2) is 13.1 Å². The van der Waals surface area contributed by atoms with E-state index in [0.29, 0.717) is 11.4 Å². The number of hydrogen-bond donors (Lipinski definition) is 2. The zero-order valence-electron chi connectivity index (χ0n) is 16.9. The minimum absolute atomic E-state index is 0. The van der Waals surface area contributed by atoms with Crippen molar-refractivity contribution in [1.82, 2.24) is 14.9 Å². The standard InChI is InChI=1S/C20H32N4O2S.HI/c1-4-5-6-7-8-15-24(3)20(21-2)22-16-17-9-13-19(14-10-17)27(25,26)23-18-11-12-18;/h4,9-10,13-14,18,23H,1,5-8,11-12,15-16H2,2-3H3,(H,21,22);1H. The van der Waals surface area contributed by atoms with Gasteiger partial charge in [-0.3, -0.25) is 4.99 Å². The zero-order chi connectivity index (χ0) is 19.7. The third-order valence-electron chi connectivity index (χ3n) is 4.56. The normalized spacial score (nSPS) is 14.3. The van der Waals surface area contributed by atoms with Crippen LogP contribution in [0.15, 0.2) is 46.8 Å². The summed E-state index contributed by atoms with van der Waals surface area (Å²) in [4.78, 5) is 6.76. The lowest BCUT2D eigenvalue weighted by Crippen LogP contribution is -2.39. The molecule has 0 bridgehead atoms. The molecular formula is C20H33IN4O2S. The number of aliphatic imine (C=N–C) groups is 1. The van der Waals surface area contributed by atoms with E-state index in [1.165, 1.54) is 12.8 Å². The molecule has 1 fully saturated rings. The average molecular weight is 520 g/mol. The van der Waals surface area contributed by atoms with Crippen LogP contribution < -0.4 is 10.0 Å². The Morgan fingerprint density at radius 1 is 1.25 bits per heavy atom. The molecule has 1 aromatic rings. The molecule has 2 N–H and O–H groups in total. The van der Waals surface area contributed by atoms with Crippen LogP contribution in [0.2, 0.25) is 0 Å². The van der Waals surface area contributed by atoms with Crippen LogP contribution in [0.25, 0.3) is 0 Å². The van der Waals surface area contributed by atoms with Crippen molar-refractivity contribution in [2.45, 2.75) is 56.0 Å². The van der Waals surface area contributed by atoms with Gasteiger partial charge in [0.15, 0.2) is 5.96 Å². The van der Waals surface area contributed by atoms with E-state index in [-0.39, 0.29) is 30.0 Å². The predicted molar refractivity (Wildman–Crippen MR) is 127 cm³/mol. The number of benzene rings is 1. The summed E-state index contributed by atoms with van der Waals surface area (Å²) in [6, 6.07) is 7.13. The van der Waals surface area contributed by atoms with Crippen molar-refractivity contribution in [3.05, 3.63) is 42.5 Å². The number of hydrogen-bond acceptors (Lipinski definition) is 3. The second-order valence-corrected chi connectivity index (χ2v) is 8.71. The zero-order valence-corrected chi connectivity index (χ0v) is 20.0. The number of nitrogens with one attached hydrogen (secondary N) is 2. The highest BCUT2D eigenvalue weighted by Crippen LogP contribution is 2.22. The Kier molecular flexibility index (Phi) is 11.1. The third kappa shape index (κ3) is 8.48. The molecule has 158 valence electrons. The summed E-state index contributed by atoms with van der Waals surface area (Å²) < 4.78 is 27.1. The molecule has 0 radical (unpaired) electrons. The fourth-order valence-electron chi connectivity index (χ4n) is 2.76. The Bertz CT molecular complexity index is 731. The number of guanidine groups is 1. The van der Waals surface area contributed by atoms with Crippen molar-refractivity contribution in [3.63, 3.8) is 0 Å². The second-order valence-electron chi connectivity index (χ2n) is 7.00. The van der Waals surface area contributed by atoms with E-state index in [1.807, 2.05) is 25.3 Å². The minimum Gasteiger partial charge on any atom is -0.352 e. The monoisotopic (exact) mass is 520 g/mol. The molecule has 0 saturated heterocycles. The molecule has 28 heavy (non-hydrogen) atoms. The Balaban J connectivity index is 0.00000392. The van der Waals surface area contributed by atoms with Crippen molar-refractivity contribution in [3.8, 4) is 0 Å². The van der Waals surface area contributed by atoms with E-state index >= 15 is 0 Å². The molecule has 1 saturated carbocycles. The van der Waals surface area contributed by atoms with Crippen molar-refractivity contribution in [1.29, 1.82) is 0 Å². The Morgan fingerprint density at radius 2 is 1.93 bits per heavy atom. The van der Waals surface area contributed by atoms with Crippen LogP contribution in [0.4, 0.5) is 0 Å². The van der Waals surface area contributed by atoms with Crippen molar-refractivity contribution in [2.75, 3.05) is 20.6 Å². The molecule has 0 aliphatic heterocycles. The fraction of sp³-hybridized carbons (Fsp3) is 0.550. The number of sulfonamides is 1. The molecule has 0 unspecified atom stereocenters. The Morgan fingerprint density at radius 3 is 2.50 bits per heavy atom. The van der Waals surface area contributed by atoms with E-state index < -0.39 is 10.0 Å². The summed E-state index contributed by atoms with van der Waals surface area (Å²) >= 11 is 0. The fourth-order valence-corrected chi connectivity index (χ4v) is 4.07. The second kappa shape index (κ2) is 12.4. The number of nitrogens with zero attached hydrogens (tertiary/aromatic N) is 2. The molecule has 8 heteroatoms. The highest BCUT2D eigenvalue weighted by atomic mass is 127. The highest BCUT2D eigenvalue weighted by molar-refractivity contribution is 14.0.